The molecule has 152 valence electrons. The minimum atomic E-state index is -0.433. The Morgan fingerprint density at radius 3 is 2.21 bits per heavy atom. The topological polar surface area (TPSA) is 44.8 Å². The normalized spacial score (nSPS) is 17.0. The maximum absolute atomic E-state index is 13.0. The monoisotopic (exact) mass is 412 g/mol. The summed E-state index contributed by atoms with van der Waals surface area (Å²) >= 11 is 6.40. The van der Waals surface area contributed by atoms with Gasteiger partial charge in [0.1, 0.15) is 17.3 Å². The first-order chi connectivity index (χ1) is 14.0. The Labute approximate surface area is 176 Å². The van der Waals surface area contributed by atoms with Crippen molar-refractivity contribution >= 4 is 23.1 Å². The van der Waals surface area contributed by atoms with Gasteiger partial charge in [-0.2, -0.15) is 0 Å². The predicted octanol–water partition coefficient (Wildman–Crippen LogP) is 5.72. The van der Waals surface area contributed by atoms with E-state index < -0.39 is 5.92 Å². The maximum atomic E-state index is 13.0. The Morgan fingerprint density at radius 2 is 1.66 bits per heavy atom. The predicted molar refractivity (Wildman–Crippen MR) is 115 cm³/mol. The molecule has 0 radical (unpaired) electrons. The van der Waals surface area contributed by atoms with Crippen molar-refractivity contribution < 1.29 is 19.0 Å². The fourth-order valence-electron chi connectivity index (χ4n) is 3.47. The maximum Gasteiger partial charge on any atom is 0.318 e. The molecule has 2 atom stereocenters. The van der Waals surface area contributed by atoms with Crippen molar-refractivity contribution in [3.8, 4) is 11.5 Å². The summed E-state index contributed by atoms with van der Waals surface area (Å²) in [6.07, 6.45) is 3.40. The molecule has 3 rings (SSSR count). The molecule has 29 heavy (non-hydrogen) atoms. The van der Waals surface area contributed by atoms with E-state index in [4.69, 9.17) is 25.8 Å². The van der Waals surface area contributed by atoms with Gasteiger partial charge in [-0.3, -0.25) is 4.79 Å². The average molecular weight is 413 g/mol. The number of hydrogen-bond donors (Lipinski definition) is 0. The molecule has 0 amide bonds. The third kappa shape index (κ3) is 5.01. The summed E-state index contributed by atoms with van der Waals surface area (Å²) in [6.45, 7) is 3.79. The summed E-state index contributed by atoms with van der Waals surface area (Å²) in [7, 11) is 3.24. The van der Waals surface area contributed by atoms with Gasteiger partial charge in [0, 0.05) is 11.8 Å². The Hall–Kier alpha value is -2.72. The highest BCUT2D eigenvalue weighted by molar-refractivity contribution is 6.22. The van der Waals surface area contributed by atoms with Crippen molar-refractivity contribution in [2.24, 2.45) is 0 Å². The molecule has 2 aromatic rings. The van der Waals surface area contributed by atoms with Gasteiger partial charge in [0.25, 0.3) is 0 Å². The lowest BCUT2D eigenvalue weighted by Gasteiger charge is -2.17. The van der Waals surface area contributed by atoms with Gasteiger partial charge in [0.15, 0.2) is 0 Å². The lowest BCUT2D eigenvalue weighted by Crippen LogP contribution is -2.16. The van der Waals surface area contributed by atoms with E-state index in [0.29, 0.717) is 25.0 Å². The highest BCUT2D eigenvalue weighted by Crippen LogP contribution is 2.39. The van der Waals surface area contributed by atoms with Crippen molar-refractivity contribution in [3.63, 3.8) is 0 Å². The minimum absolute atomic E-state index is 0.0891. The highest BCUT2D eigenvalue weighted by Gasteiger charge is 2.29. The second kappa shape index (κ2) is 9.66. The number of carbonyl (C=O) groups is 1. The van der Waals surface area contributed by atoms with Crippen molar-refractivity contribution in [1.82, 2.24) is 0 Å². The number of carbonyl (C=O) groups excluding carboxylic acids is 1. The first kappa shape index (κ1) is 21.0. The first-order valence-electron chi connectivity index (χ1n) is 9.52. The number of rotatable bonds is 8. The van der Waals surface area contributed by atoms with Crippen molar-refractivity contribution in [2.45, 2.75) is 30.6 Å². The standard InChI is InChI=1S/C24H25ClO4/c1-4-5-21(16-6-10-19(27-2)11-7-16)24(26)29-23-15-18(25)14-22(23)17-8-12-20(28-3)13-9-17/h4,6-13,18,21H,1,5,14-15H2,2-3H3. The van der Waals surface area contributed by atoms with E-state index in [-0.39, 0.29) is 11.3 Å². The number of methoxy groups -OCH3 is 2. The molecule has 0 heterocycles. The zero-order chi connectivity index (χ0) is 20.8. The van der Waals surface area contributed by atoms with Crippen LogP contribution in [0.4, 0.5) is 0 Å². The number of benzene rings is 2. The summed E-state index contributed by atoms with van der Waals surface area (Å²) in [4.78, 5) is 13.0. The molecule has 2 unspecified atom stereocenters. The molecule has 0 saturated carbocycles. The Kier molecular flexibility index (Phi) is 6.99. The van der Waals surface area contributed by atoms with Gasteiger partial charge in [-0.1, -0.05) is 30.3 Å². The van der Waals surface area contributed by atoms with Crippen molar-refractivity contribution in [3.05, 3.63) is 78.1 Å². The molecular weight excluding hydrogens is 388 g/mol. The fraction of sp³-hybridized carbons (Fsp3) is 0.292. The van der Waals surface area contributed by atoms with Gasteiger partial charge >= 0.3 is 5.97 Å². The molecule has 0 aromatic heterocycles. The Balaban J connectivity index is 1.84. The zero-order valence-electron chi connectivity index (χ0n) is 16.7. The van der Waals surface area contributed by atoms with Crippen LogP contribution in [0.2, 0.25) is 0 Å². The van der Waals surface area contributed by atoms with E-state index in [1.54, 1.807) is 20.3 Å². The van der Waals surface area contributed by atoms with Crippen LogP contribution in [0, 0.1) is 0 Å². The van der Waals surface area contributed by atoms with E-state index in [1.807, 2.05) is 48.5 Å². The van der Waals surface area contributed by atoms with Crippen LogP contribution in [0.15, 0.2) is 66.9 Å². The van der Waals surface area contributed by atoms with E-state index in [0.717, 1.165) is 28.2 Å². The van der Waals surface area contributed by atoms with E-state index in [2.05, 4.69) is 6.58 Å². The molecule has 2 aromatic carbocycles. The number of esters is 1. The molecule has 0 spiro atoms. The third-order valence-electron chi connectivity index (χ3n) is 5.04. The summed E-state index contributed by atoms with van der Waals surface area (Å²) in [6, 6.07) is 15.1. The zero-order valence-corrected chi connectivity index (χ0v) is 17.4. The average Bonchev–Trinajstić information content (AvgIpc) is 3.12. The van der Waals surface area contributed by atoms with Crippen LogP contribution < -0.4 is 9.47 Å². The number of alkyl halides is 1. The summed E-state index contributed by atoms with van der Waals surface area (Å²) in [5.41, 5.74) is 2.82. The van der Waals surface area contributed by atoms with Gasteiger partial charge < -0.3 is 14.2 Å². The SMILES string of the molecule is C=CCC(C(=O)OC1=C(c2ccc(OC)cc2)CC(Cl)C1)c1ccc(OC)cc1. The van der Waals surface area contributed by atoms with Crippen LogP contribution in [0.3, 0.4) is 0 Å². The number of hydrogen-bond acceptors (Lipinski definition) is 4. The molecule has 0 saturated heterocycles. The van der Waals surface area contributed by atoms with E-state index in [9.17, 15) is 4.79 Å². The van der Waals surface area contributed by atoms with Crippen LogP contribution >= 0.6 is 11.6 Å². The van der Waals surface area contributed by atoms with Gasteiger partial charge in [0.05, 0.1) is 20.1 Å². The number of halogens is 1. The molecule has 1 aliphatic rings. The Bertz CT molecular complexity index is 884. The van der Waals surface area contributed by atoms with Crippen LogP contribution in [-0.2, 0) is 9.53 Å². The largest absolute Gasteiger partial charge is 0.497 e. The highest BCUT2D eigenvalue weighted by atomic mass is 35.5. The van der Waals surface area contributed by atoms with Gasteiger partial charge in [-0.25, -0.2) is 0 Å². The fourth-order valence-corrected chi connectivity index (χ4v) is 3.76. The minimum Gasteiger partial charge on any atom is -0.497 e. The molecule has 0 fully saturated rings. The van der Waals surface area contributed by atoms with Crippen molar-refractivity contribution in [2.75, 3.05) is 14.2 Å². The molecule has 5 heteroatoms. The van der Waals surface area contributed by atoms with E-state index in [1.165, 1.54) is 0 Å². The van der Waals surface area contributed by atoms with Gasteiger partial charge in [-0.15, -0.1) is 18.2 Å². The third-order valence-corrected chi connectivity index (χ3v) is 5.35. The summed E-state index contributed by atoms with van der Waals surface area (Å²) in [5.74, 6) is 1.42. The van der Waals surface area contributed by atoms with E-state index >= 15 is 0 Å². The molecule has 1 aliphatic carbocycles. The summed E-state index contributed by atoms with van der Waals surface area (Å²) < 4.78 is 16.3. The second-order valence-electron chi connectivity index (χ2n) is 6.91. The van der Waals surface area contributed by atoms with Gasteiger partial charge in [-0.05, 0) is 53.8 Å². The molecular formula is C24H25ClO4. The second-order valence-corrected chi connectivity index (χ2v) is 7.52. The van der Waals surface area contributed by atoms with Crippen LogP contribution in [0.1, 0.15) is 36.3 Å². The molecule has 0 aliphatic heterocycles. The first-order valence-corrected chi connectivity index (χ1v) is 9.96. The number of ether oxygens (including phenoxy) is 3. The van der Waals surface area contributed by atoms with Crippen LogP contribution in [-0.4, -0.2) is 25.6 Å². The Morgan fingerprint density at radius 1 is 1.07 bits per heavy atom. The lowest BCUT2D eigenvalue weighted by atomic mass is 9.95. The smallest absolute Gasteiger partial charge is 0.318 e. The molecule has 0 bridgehead atoms. The molecule has 0 N–H and O–H groups in total. The summed E-state index contributed by atoms with van der Waals surface area (Å²) in [5, 5.41) is -0.0891. The van der Waals surface area contributed by atoms with Crippen LogP contribution in [0.5, 0.6) is 11.5 Å². The quantitative estimate of drug-likeness (QED) is 0.316. The number of allylic oxidation sites excluding steroid dienone is 3. The lowest BCUT2D eigenvalue weighted by molar-refractivity contribution is -0.141. The van der Waals surface area contributed by atoms with Crippen LogP contribution in [0.25, 0.3) is 5.57 Å². The van der Waals surface area contributed by atoms with Gasteiger partial charge in [0.2, 0.25) is 0 Å². The van der Waals surface area contributed by atoms with Crippen molar-refractivity contribution in [1.29, 1.82) is 0 Å². The molecule has 4 nitrogen and oxygen atoms in total.